The third kappa shape index (κ3) is 3.97. The van der Waals surface area contributed by atoms with Crippen LogP contribution in [0.3, 0.4) is 0 Å². The number of thioether (sulfide) groups is 1. The van der Waals surface area contributed by atoms with E-state index in [0.29, 0.717) is 11.0 Å². The normalized spacial score (nSPS) is 12.0. The average Bonchev–Trinajstić information content (AvgIpc) is 3.03. The molecule has 1 N–H and O–H groups in total. The number of hydrogen-bond acceptors (Lipinski definition) is 4. The van der Waals surface area contributed by atoms with Crippen LogP contribution in [0.4, 0.5) is 18.9 Å². The zero-order valence-corrected chi connectivity index (χ0v) is 15.2. The standard InChI is InChI=1S/C18H15F3N4OS/c1-10(17(26)22-13-9-8-12(19)14(20)15(13)21)27-18-24-23-16(25(18)2)11-6-4-3-5-7-11/h3-10H,1-2H3,(H,22,26)/t10-/m1/s1. The molecule has 0 unspecified atom stereocenters. The first-order chi connectivity index (χ1) is 12.9. The second-order valence-corrected chi connectivity index (χ2v) is 7.01. The summed E-state index contributed by atoms with van der Waals surface area (Å²) in [4.78, 5) is 12.3. The number of aromatic nitrogens is 3. The van der Waals surface area contributed by atoms with Crippen LogP contribution in [0.2, 0.25) is 0 Å². The molecule has 0 spiro atoms. The second-order valence-electron chi connectivity index (χ2n) is 5.70. The van der Waals surface area contributed by atoms with Crippen LogP contribution in [0.1, 0.15) is 6.92 Å². The molecule has 0 aliphatic rings. The summed E-state index contributed by atoms with van der Waals surface area (Å²) in [5, 5.41) is 10.3. The first-order valence-corrected chi connectivity index (χ1v) is 8.82. The molecule has 0 aliphatic heterocycles. The van der Waals surface area contributed by atoms with Crippen LogP contribution in [0.15, 0.2) is 47.6 Å². The van der Waals surface area contributed by atoms with Gasteiger partial charge >= 0.3 is 0 Å². The summed E-state index contributed by atoms with van der Waals surface area (Å²) >= 11 is 1.11. The number of hydrogen-bond donors (Lipinski definition) is 1. The maximum atomic E-state index is 13.7. The molecule has 27 heavy (non-hydrogen) atoms. The Labute approximate surface area is 157 Å². The fourth-order valence-corrected chi connectivity index (χ4v) is 3.14. The summed E-state index contributed by atoms with van der Waals surface area (Å²) < 4.78 is 41.7. The zero-order chi connectivity index (χ0) is 19.6. The van der Waals surface area contributed by atoms with Crippen LogP contribution in [0, 0.1) is 17.5 Å². The number of amides is 1. The van der Waals surface area contributed by atoms with Crippen molar-refractivity contribution >= 4 is 23.4 Å². The smallest absolute Gasteiger partial charge is 0.237 e. The summed E-state index contributed by atoms with van der Waals surface area (Å²) in [6, 6.07) is 11.1. The van der Waals surface area contributed by atoms with Gasteiger partial charge in [-0.15, -0.1) is 10.2 Å². The minimum atomic E-state index is -1.63. The monoisotopic (exact) mass is 392 g/mol. The molecule has 5 nitrogen and oxygen atoms in total. The van der Waals surface area contributed by atoms with Gasteiger partial charge in [0, 0.05) is 12.6 Å². The van der Waals surface area contributed by atoms with Crippen molar-refractivity contribution in [3.05, 3.63) is 59.9 Å². The fraction of sp³-hybridized carbons (Fsp3) is 0.167. The van der Waals surface area contributed by atoms with Crippen LogP contribution >= 0.6 is 11.8 Å². The van der Waals surface area contributed by atoms with E-state index in [0.717, 1.165) is 29.5 Å². The number of nitrogens with zero attached hydrogens (tertiary/aromatic N) is 3. The van der Waals surface area contributed by atoms with Crippen molar-refractivity contribution in [2.24, 2.45) is 7.05 Å². The zero-order valence-electron chi connectivity index (χ0n) is 14.4. The predicted octanol–water partition coefficient (Wildman–Crippen LogP) is 4.02. The van der Waals surface area contributed by atoms with Gasteiger partial charge in [0.15, 0.2) is 28.4 Å². The van der Waals surface area contributed by atoms with Gasteiger partial charge in [-0.1, -0.05) is 42.1 Å². The maximum Gasteiger partial charge on any atom is 0.237 e. The summed E-state index contributed by atoms with van der Waals surface area (Å²) in [7, 11) is 1.77. The minimum Gasteiger partial charge on any atom is -0.323 e. The highest BCUT2D eigenvalue weighted by Crippen LogP contribution is 2.27. The van der Waals surface area contributed by atoms with Crippen molar-refractivity contribution in [3.8, 4) is 11.4 Å². The first-order valence-electron chi connectivity index (χ1n) is 7.94. The van der Waals surface area contributed by atoms with E-state index in [1.807, 2.05) is 30.3 Å². The molecule has 1 heterocycles. The third-order valence-electron chi connectivity index (χ3n) is 3.81. The highest BCUT2D eigenvalue weighted by Gasteiger charge is 2.22. The van der Waals surface area contributed by atoms with E-state index < -0.39 is 34.3 Å². The predicted molar refractivity (Wildman–Crippen MR) is 96.7 cm³/mol. The van der Waals surface area contributed by atoms with Gasteiger partial charge in [-0.3, -0.25) is 4.79 Å². The van der Waals surface area contributed by atoms with Crippen molar-refractivity contribution in [2.75, 3.05) is 5.32 Å². The number of rotatable bonds is 5. The van der Waals surface area contributed by atoms with Crippen molar-refractivity contribution in [1.29, 1.82) is 0 Å². The van der Waals surface area contributed by atoms with Gasteiger partial charge in [-0.2, -0.15) is 0 Å². The van der Waals surface area contributed by atoms with Gasteiger partial charge in [-0.05, 0) is 19.1 Å². The van der Waals surface area contributed by atoms with Crippen LogP contribution in [0.5, 0.6) is 0 Å². The Morgan fingerprint density at radius 3 is 2.48 bits per heavy atom. The summed E-state index contributed by atoms with van der Waals surface area (Å²) in [6.07, 6.45) is 0. The third-order valence-corrected chi connectivity index (χ3v) is 4.95. The van der Waals surface area contributed by atoms with Crippen LogP contribution < -0.4 is 5.32 Å². The average molecular weight is 392 g/mol. The van der Waals surface area contributed by atoms with Gasteiger partial charge in [0.2, 0.25) is 5.91 Å². The molecule has 9 heteroatoms. The lowest BCUT2D eigenvalue weighted by atomic mass is 10.2. The van der Waals surface area contributed by atoms with Gasteiger partial charge in [0.25, 0.3) is 0 Å². The van der Waals surface area contributed by atoms with Gasteiger partial charge < -0.3 is 9.88 Å². The first kappa shape index (κ1) is 19.0. The van der Waals surface area contributed by atoms with Crippen molar-refractivity contribution in [2.45, 2.75) is 17.3 Å². The van der Waals surface area contributed by atoms with Crippen LogP contribution in [-0.2, 0) is 11.8 Å². The Hall–Kier alpha value is -2.81. The molecule has 3 aromatic rings. The Bertz CT molecular complexity index is 978. The molecule has 2 aromatic carbocycles. The van der Waals surface area contributed by atoms with Crippen LogP contribution in [0.25, 0.3) is 11.4 Å². The molecule has 0 radical (unpaired) electrons. The lowest BCUT2D eigenvalue weighted by Crippen LogP contribution is -2.23. The van der Waals surface area contributed by atoms with Crippen molar-refractivity contribution in [3.63, 3.8) is 0 Å². The Balaban J connectivity index is 1.72. The molecule has 0 bridgehead atoms. The van der Waals surface area contributed by atoms with E-state index in [2.05, 4.69) is 15.5 Å². The fourth-order valence-electron chi connectivity index (χ4n) is 2.32. The number of anilines is 1. The van der Waals surface area contributed by atoms with Crippen molar-refractivity contribution < 1.29 is 18.0 Å². The van der Waals surface area contributed by atoms with Gasteiger partial charge in [-0.25, -0.2) is 13.2 Å². The lowest BCUT2D eigenvalue weighted by Gasteiger charge is -2.12. The second kappa shape index (κ2) is 7.83. The molecule has 3 rings (SSSR count). The molecule has 0 saturated carbocycles. The Kier molecular flexibility index (Phi) is 5.50. The maximum absolute atomic E-state index is 13.7. The minimum absolute atomic E-state index is 0.422. The van der Waals surface area contributed by atoms with E-state index >= 15 is 0 Å². The highest BCUT2D eigenvalue weighted by atomic mass is 32.2. The summed E-state index contributed by atoms with van der Waals surface area (Å²) in [5.74, 6) is -4.33. The largest absolute Gasteiger partial charge is 0.323 e. The number of halogens is 3. The van der Waals surface area contributed by atoms with E-state index in [4.69, 9.17) is 0 Å². The summed E-state index contributed by atoms with van der Waals surface area (Å²) in [6.45, 7) is 1.59. The van der Waals surface area contributed by atoms with Gasteiger partial charge in [0.1, 0.15) is 0 Å². The number of carbonyl (C=O) groups is 1. The molecule has 0 saturated heterocycles. The SMILES string of the molecule is C[C@@H](Sc1nnc(-c2ccccc2)n1C)C(=O)Nc1ccc(F)c(F)c1F. The molecular formula is C18H15F3N4OS. The lowest BCUT2D eigenvalue weighted by molar-refractivity contribution is -0.115. The topological polar surface area (TPSA) is 59.8 Å². The molecular weight excluding hydrogens is 377 g/mol. The van der Waals surface area contributed by atoms with Crippen molar-refractivity contribution in [1.82, 2.24) is 14.8 Å². The van der Waals surface area contributed by atoms with E-state index in [1.54, 1.807) is 18.5 Å². The molecule has 0 fully saturated rings. The molecule has 0 aliphatic carbocycles. The molecule has 1 aromatic heterocycles. The molecule has 1 amide bonds. The van der Waals surface area contributed by atoms with Gasteiger partial charge in [0.05, 0.1) is 10.9 Å². The van der Waals surface area contributed by atoms with E-state index in [-0.39, 0.29) is 0 Å². The highest BCUT2D eigenvalue weighted by molar-refractivity contribution is 8.00. The number of carbonyl (C=O) groups excluding carboxylic acids is 1. The summed E-state index contributed by atoms with van der Waals surface area (Å²) in [5.41, 5.74) is 0.453. The van der Waals surface area contributed by atoms with E-state index in [1.165, 1.54) is 0 Å². The quantitative estimate of drug-likeness (QED) is 0.526. The van der Waals surface area contributed by atoms with E-state index in [9.17, 15) is 18.0 Å². The number of nitrogens with one attached hydrogen (secondary N) is 1. The molecule has 1 atom stereocenters. The Morgan fingerprint density at radius 1 is 1.07 bits per heavy atom. The number of benzene rings is 2. The molecule has 140 valence electrons. The Morgan fingerprint density at radius 2 is 1.78 bits per heavy atom. The van der Waals surface area contributed by atoms with Crippen LogP contribution in [-0.4, -0.2) is 25.9 Å².